The maximum absolute atomic E-state index is 13.5. The van der Waals surface area contributed by atoms with Crippen LogP contribution in [0, 0.1) is 0 Å². The molecule has 0 aliphatic carbocycles. The normalized spacial score (nSPS) is 10.9. The summed E-state index contributed by atoms with van der Waals surface area (Å²) in [6.07, 6.45) is 0. The molecule has 3 N–H and O–H groups in total. The molecule has 0 bridgehead atoms. The van der Waals surface area contributed by atoms with E-state index in [1.807, 2.05) is 48.5 Å². The fourth-order valence-corrected chi connectivity index (χ4v) is 4.36. The molecule has 2 aromatic heterocycles. The van der Waals surface area contributed by atoms with Gasteiger partial charge < -0.3 is 30.0 Å². The van der Waals surface area contributed by atoms with Gasteiger partial charge in [0.2, 0.25) is 5.75 Å². The molecular formula is C28H27N5O5. The van der Waals surface area contributed by atoms with Gasteiger partial charge in [0.25, 0.3) is 5.91 Å². The summed E-state index contributed by atoms with van der Waals surface area (Å²) in [7, 11) is 6.20. The molecule has 0 spiro atoms. The summed E-state index contributed by atoms with van der Waals surface area (Å²) in [6, 6.07) is 18.4. The Morgan fingerprint density at radius 3 is 2.08 bits per heavy atom. The number of fused-ring (bicyclic) bond motifs is 2. The molecule has 5 rings (SSSR count). The van der Waals surface area contributed by atoms with Crippen LogP contribution < -0.4 is 30.0 Å². The molecule has 0 atom stereocenters. The van der Waals surface area contributed by atoms with Gasteiger partial charge in [-0.2, -0.15) is 0 Å². The van der Waals surface area contributed by atoms with Gasteiger partial charge in [0.15, 0.2) is 17.1 Å². The first kappa shape index (κ1) is 24.7. The summed E-state index contributed by atoms with van der Waals surface area (Å²) in [5, 5.41) is 2.95. The number of amides is 1. The van der Waals surface area contributed by atoms with E-state index in [0.717, 1.165) is 11.3 Å². The fraction of sp³-hybridized carbons (Fsp3) is 0.179. The van der Waals surface area contributed by atoms with E-state index in [2.05, 4.69) is 5.32 Å². The van der Waals surface area contributed by atoms with E-state index in [1.54, 1.807) is 23.8 Å². The van der Waals surface area contributed by atoms with Crippen LogP contribution in [-0.2, 0) is 6.54 Å². The van der Waals surface area contributed by atoms with E-state index >= 15 is 0 Å². The third-order valence-electron chi connectivity index (χ3n) is 6.24. The molecule has 38 heavy (non-hydrogen) atoms. The number of ether oxygens (including phenoxy) is 4. The smallest absolute Gasteiger partial charge is 0.257 e. The summed E-state index contributed by atoms with van der Waals surface area (Å²) >= 11 is 0. The molecule has 1 amide bonds. The van der Waals surface area contributed by atoms with E-state index in [0.29, 0.717) is 51.7 Å². The standard InChI is InChI=1S/C28H27N5O5/c1-35-18-11-9-16(10-12-18)15-30-28(34)23-24-27(32-20-8-6-5-7-19(20)31-24)33(26(23)29)17-13-21(36-2)25(38-4)22(14-17)37-3/h5-14H,15,29H2,1-4H3,(H,30,34). The highest BCUT2D eigenvalue weighted by Crippen LogP contribution is 2.41. The van der Waals surface area contributed by atoms with Gasteiger partial charge in [0.05, 0.1) is 45.2 Å². The Kier molecular flexibility index (Phi) is 6.61. The lowest BCUT2D eigenvalue weighted by Gasteiger charge is -2.16. The molecule has 10 heteroatoms. The molecule has 3 aromatic carbocycles. The number of anilines is 1. The molecule has 0 aliphatic heterocycles. The molecule has 0 saturated heterocycles. The van der Waals surface area contributed by atoms with Crippen LogP contribution in [-0.4, -0.2) is 48.9 Å². The molecule has 10 nitrogen and oxygen atoms in total. The van der Waals surface area contributed by atoms with Crippen molar-refractivity contribution < 1.29 is 23.7 Å². The van der Waals surface area contributed by atoms with Gasteiger partial charge in [-0.25, -0.2) is 9.97 Å². The number of hydrogen-bond acceptors (Lipinski definition) is 8. The summed E-state index contributed by atoms with van der Waals surface area (Å²) in [5.74, 6) is 1.84. The Balaban J connectivity index is 1.66. The van der Waals surface area contributed by atoms with Crippen molar-refractivity contribution in [2.24, 2.45) is 0 Å². The molecule has 5 aromatic rings. The number of benzene rings is 3. The Morgan fingerprint density at radius 1 is 0.868 bits per heavy atom. The number of nitrogens with two attached hydrogens (primary N) is 1. The van der Waals surface area contributed by atoms with Gasteiger partial charge in [-0.3, -0.25) is 9.36 Å². The molecule has 2 heterocycles. The van der Waals surface area contributed by atoms with Crippen molar-refractivity contribution in [3.63, 3.8) is 0 Å². The fourth-order valence-electron chi connectivity index (χ4n) is 4.36. The predicted molar refractivity (Wildman–Crippen MR) is 145 cm³/mol. The van der Waals surface area contributed by atoms with Crippen LogP contribution in [0.15, 0.2) is 60.7 Å². The highest BCUT2D eigenvalue weighted by molar-refractivity contribution is 6.11. The number of hydrogen-bond donors (Lipinski definition) is 2. The first-order valence-corrected chi connectivity index (χ1v) is 11.8. The van der Waals surface area contributed by atoms with Crippen molar-refractivity contribution >= 4 is 33.9 Å². The SMILES string of the molecule is COc1ccc(CNC(=O)c2c(N)n(-c3cc(OC)c(OC)c(OC)c3)c3nc4ccccc4nc23)cc1. The second-order valence-electron chi connectivity index (χ2n) is 8.39. The largest absolute Gasteiger partial charge is 0.497 e. The van der Waals surface area contributed by atoms with Gasteiger partial charge in [-0.15, -0.1) is 0 Å². The van der Waals surface area contributed by atoms with Crippen molar-refractivity contribution in [2.45, 2.75) is 6.54 Å². The number of methoxy groups -OCH3 is 4. The number of para-hydroxylation sites is 2. The number of nitrogens with one attached hydrogen (secondary N) is 1. The minimum absolute atomic E-state index is 0.178. The zero-order chi connectivity index (χ0) is 26.8. The van der Waals surface area contributed by atoms with Crippen LogP contribution in [0.2, 0.25) is 0 Å². The van der Waals surface area contributed by atoms with Crippen molar-refractivity contribution in [1.82, 2.24) is 19.9 Å². The highest BCUT2D eigenvalue weighted by atomic mass is 16.5. The van der Waals surface area contributed by atoms with Gasteiger partial charge >= 0.3 is 0 Å². The maximum atomic E-state index is 13.5. The average molecular weight is 514 g/mol. The first-order valence-electron chi connectivity index (χ1n) is 11.8. The maximum Gasteiger partial charge on any atom is 0.257 e. The second kappa shape index (κ2) is 10.2. The Bertz CT molecular complexity index is 1620. The third-order valence-corrected chi connectivity index (χ3v) is 6.24. The minimum atomic E-state index is -0.376. The Hall–Kier alpha value is -4.99. The molecule has 0 unspecified atom stereocenters. The molecule has 0 fully saturated rings. The summed E-state index contributed by atoms with van der Waals surface area (Å²) < 4.78 is 23.4. The molecule has 0 radical (unpaired) electrons. The van der Waals surface area contributed by atoms with E-state index in [9.17, 15) is 4.79 Å². The average Bonchev–Trinajstić information content (AvgIpc) is 3.24. The zero-order valence-electron chi connectivity index (χ0n) is 21.4. The van der Waals surface area contributed by atoms with E-state index in [-0.39, 0.29) is 17.3 Å². The molecule has 0 saturated carbocycles. The lowest BCUT2D eigenvalue weighted by atomic mass is 10.2. The zero-order valence-corrected chi connectivity index (χ0v) is 21.4. The minimum Gasteiger partial charge on any atom is -0.497 e. The van der Waals surface area contributed by atoms with Crippen LogP contribution in [0.5, 0.6) is 23.0 Å². The van der Waals surface area contributed by atoms with Crippen LogP contribution >= 0.6 is 0 Å². The second-order valence-corrected chi connectivity index (χ2v) is 8.39. The van der Waals surface area contributed by atoms with Crippen LogP contribution in [0.3, 0.4) is 0 Å². The molecular weight excluding hydrogens is 486 g/mol. The quantitative estimate of drug-likeness (QED) is 0.318. The van der Waals surface area contributed by atoms with Gasteiger partial charge in [-0.1, -0.05) is 24.3 Å². The van der Waals surface area contributed by atoms with E-state index in [4.69, 9.17) is 34.6 Å². The van der Waals surface area contributed by atoms with Gasteiger partial charge in [0.1, 0.15) is 22.6 Å². The lowest BCUT2D eigenvalue weighted by Crippen LogP contribution is -2.24. The third kappa shape index (κ3) is 4.26. The van der Waals surface area contributed by atoms with E-state index < -0.39 is 0 Å². The number of nitrogen functional groups attached to an aromatic ring is 1. The van der Waals surface area contributed by atoms with Crippen LogP contribution in [0.1, 0.15) is 15.9 Å². The summed E-state index contributed by atoms with van der Waals surface area (Å²) in [6.45, 7) is 0.292. The lowest BCUT2D eigenvalue weighted by molar-refractivity contribution is 0.0953. The monoisotopic (exact) mass is 513 g/mol. The number of nitrogens with zero attached hydrogens (tertiary/aromatic N) is 3. The topological polar surface area (TPSA) is 123 Å². The van der Waals surface area contributed by atoms with Crippen molar-refractivity contribution in [1.29, 1.82) is 0 Å². The van der Waals surface area contributed by atoms with Crippen molar-refractivity contribution in [2.75, 3.05) is 34.2 Å². The number of carbonyl (C=O) groups excluding carboxylic acids is 1. The van der Waals surface area contributed by atoms with Gasteiger partial charge in [0, 0.05) is 18.7 Å². The summed E-state index contributed by atoms with van der Waals surface area (Å²) in [5.41, 5.74) is 10.5. The first-order chi connectivity index (χ1) is 18.5. The Morgan fingerprint density at radius 2 is 1.50 bits per heavy atom. The van der Waals surface area contributed by atoms with Crippen LogP contribution in [0.4, 0.5) is 5.82 Å². The number of rotatable bonds is 8. The highest BCUT2D eigenvalue weighted by Gasteiger charge is 2.26. The number of aromatic nitrogens is 3. The van der Waals surface area contributed by atoms with E-state index in [1.165, 1.54) is 21.3 Å². The molecule has 194 valence electrons. The van der Waals surface area contributed by atoms with Crippen molar-refractivity contribution in [3.8, 4) is 28.7 Å². The van der Waals surface area contributed by atoms with Crippen LogP contribution in [0.25, 0.3) is 27.9 Å². The molecule has 0 aliphatic rings. The predicted octanol–water partition coefficient (Wildman–Crippen LogP) is 4.12. The number of carbonyl (C=O) groups is 1. The Labute approximate surface area is 218 Å². The van der Waals surface area contributed by atoms with Gasteiger partial charge in [-0.05, 0) is 29.8 Å². The summed E-state index contributed by atoms with van der Waals surface area (Å²) in [4.78, 5) is 23.1. The van der Waals surface area contributed by atoms with Crippen molar-refractivity contribution in [3.05, 3.63) is 71.8 Å².